The van der Waals surface area contributed by atoms with Crippen LogP contribution >= 0.6 is 0 Å². The molecule has 0 heterocycles. The number of benzene rings is 1. The topological polar surface area (TPSA) is 29.1 Å². The van der Waals surface area contributed by atoms with E-state index in [4.69, 9.17) is 0 Å². The highest BCUT2D eigenvalue weighted by atomic mass is 16.1. The summed E-state index contributed by atoms with van der Waals surface area (Å²) < 4.78 is 0. The Balaban J connectivity index is 2.73. The predicted molar refractivity (Wildman–Crippen MR) is 53.8 cm³/mol. The van der Waals surface area contributed by atoms with Gasteiger partial charge in [0.15, 0.2) is 0 Å². The van der Waals surface area contributed by atoms with Crippen molar-refractivity contribution >= 4 is 6.29 Å². The van der Waals surface area contributed by atoms with Crippen LogP contribution in [0.4, 0.5) is 0 Å². The van der Waals surface area contributed by atoms with Crippen LogP contribution in [0.15, 0.2) is 24.3 Å². The highest BCUT2D eigenvalue weighted by Crippen LogP contribution is 2.08. The van der Waals surface area contributed by atoms with Crippen molar-refractivity contribution in [3.8, 4) is 0 Å². The predicted octanol–water partition coefficient (Wildman–Crippen LogP) is 1.32. The molecule has 0 aliphatic rings. The van der Waals surface area contributed by atoms with Gasteiger partial charge < -0.3 is 10.1 Å². The van der Waals surface area contributed by atoms with Gasteiger partial charge in [-0.2, -0.15) is 0 Å². The molecule has 70 valence electrons. The number of rotatable bonds is 4. The van der Waals surface area contributed by atoms with Crippen LogP contribution < -0.4 is 5.32 Å². The minimum Gasteiger partial charge on any atom is -0.311 e. The molecule has 0 aliphatic carbocycles. The van der Waals surface area contributed by atoms with Crippen LogP contribution in [-0.2, 0) is 11.2 Å². The fourth-order valence-electron chi connectivity index (χ4n) is 1.29. The third-order valence-corrected chi connectivity index (χ3v) is 2.24. The molecular weight excluding hydrogens is 162 g/mol. The van der Waals surface area contributed by atoms with Gasteiger partial charge in [-0.3, -0.25) is 0 Å². The number of nitrogens with one attached hydrogen (secondary N) is 1. The van der Waals surface area contributed by atoms with Gasteiger partial charge in [0.25, 0.3) is 0 Å². The number of hydrogen-bond donors (Lipinski definition) is 1. The van der Waals surface area contributed by atoms with E-state index in [1.54, 1.807) is 7.05 Å². The van der Waals surface area contributed by atoms with Gasteiger partial charge in [0, 0.05) is 0 Å². The Bertz CT molecular complexity index is 283. The summed E-state index contributed by atoms with van der Waals surface area (Å²) >= 11 is 0. The first-order valence-electron chi connectivity index (χ1n) is 4.45. The quantitative estimate of drug-likeness (QED) is 0.703. The van der Waals surface area contributed by atoms with Gasteiger partial charge in [-0.1, -0.05) is 24.3 Å². The van der Waals surface area contributed by atoms with E-state index in [9.17, 15) is 4.79 Å². The number of likely N-dealkylation sites (N-methyl/N-ethyl adjacent to an activating group) is 1. The summed E-state index contributed by atoms with van der Waals surface area (Å²) in [7, 11) is 1.80. The Morgan fingerprint density at radius 2 is 2.15 bits per heavy atom. The van der Waals surface area contributed by atoms with Crippen molar-refractivity contribution in [2.45, 2.75) is 19.4 Å². The third-order valence-electron chi connectivity index (χ3n) is 2.24. The van der Waals surface area contributed by atoms with Crippen LogP contribution in [0.5, 0.6) is 0 Å². The molecule has 0 aromatic heterocycles. The smallest absolute Gasteiger partial charge is 0.137 e. The monoisotopic (exact) mass is 177 g/mol. The summed E-state index contributed by atoms with van der Waals surface area (Å²) in [6.45, 7) is 2.06. The fourth-order valence-corrected chi connectivity index (χ4v) is 1.29. The van der Waals surface area contributed by atoms with Crippen molar-refractivity contribution in [3.63, 3.8) is 0 Å². The van der Waals surface area contributed by atoms with E-state index < -0.39 is 0 Å². The number of aryl methyl sites for hydroxylation is 1. The minimum atomic E-state index is -0.0684. The molecule has 0 unspecified atom stereocenters. The van der Waals surface area contributed by atoms with E-state index in [1.807, 2.05) is 12.1 Å². The molecule has 0 radical (unpaired) electrons. The zero-order valence-electron chi connectivity index (χ0n) is 8.08. The molecule has 0 amide bonds. The average molecular weight is 177 g/mol. The van der Waals surface area contributed by atoms with E-state index in [0.717, 1.165) is 12.7 Å². The lowest BCUT2D eigenvalue weighted by Gasteiger charge is -2.10. The number of aldehydes is 1. The molecule has 0 spiro atoms. The molecule has 0 bridgehead atoms. The van der Waals surface area contributed by atoms with Crippen LogP contribution in [0, 0.1) is 6.92 Å². The fraction of sp³-hybridized carbons (Fsp3) is 0.364. The summed E-state index contributed by atoms with van der Waals surface area (Å²) in [6, 6.07) is 8.06. The normalized spacial score (nSPS) is 12.5. The molecule has 0 saturated carbocycles. The number of carbonyl (C=O) groups excluding carboxylic acids is 1. The van der Waals surface area contributed by atoms with Crippen LogP contribution in [0.1, 0.15) is 11.1 Å². The maximum atomic E-state index is 10.6. The van der Waals surface area contributed by atoms with Crippen molar-refractivity contribution in [2.24, 2.45) is 0 Å². The van der Waals surface area contributed by atoms with Gasteiger partial charge in [-0.15, -0.1) is 0 Å². The van der Waals surface area contributed by atoms with Crippen LogP contribution in [0.3, 0.4) is 0 Å². The molecule has 2 heteroatoms. The maximum Gasteiger partial charge on any atom is 0.137 e. The van der Waals surface area contributed by atoms with Crippen molar-refractivity contribution in [1.29, 1.82) is 0 Å². The van der Waals surface area contributed by atoms with Gasteiger partial charge in [0.1, 0.15) is 6.29 Å². The van der Waals surface area contributed by atoms with Gasteiger partial charge in [0.05, 0.1) is 6.04 Å². The third kappa shape index (κ3) is 2.67. The first-order valence-corrected chi connectivity index (χ1v) is 4.45. The van der Waals surface area contributed by atoms with Gasteiger partial charge in [-0.05, 0) is 31.5 Å². The van der Waals surface area contributed by atoms with Gasteiger partial charge in [0.2, 0.25) is 0 Å². The molecule has 0 aliphatic heterocycles. The molecule has 1 aromatic rings. The Hall–Kier alpha value is -1.15. The van der Waals surface area contributed by atoms with E-state index in [1.165, 1.54) is 11.1 Å². The number of carbonyl (C=O) groups is 1. The summed E-state index contributed by atoms with van der Waals surface area (Å²) in [5, 5.41) is 2.96. The maximum absolute atomic E-state index is 10.6. The molecule has 0 fully saturated rings. The Kier molecular flexibility index (Phi) is 3.65. The van der Waals surface area contributed by atoms with E-state index in [-0.39, 0.29) is 6.04 Å². The highest BCUT2D eigenvalue weighted by molar-refractivity contribution is 5.58. The van der Waals surface area contributed by atoms with E-state index in [2.05, 4.69) is 24.4 Å². The standard InChI is InChI=1S/C11H15NO/c1-9-5-3-4-6-10(9)7-11(8-13)12-2/h3-6,8,11-12H,7H2,1-2H3/t11-/m0/s1. The Labute approximate surface area is 79.0 Å². The first-order chi connectivity index (χ1) is 6.27. The number of hydrogen-bond acceptors (Lipinski definition) is 2. The second kappa shape index (κ2) is 4.77. The lowest BCUT2D eigenvalue weighted by Crippen LogP contribution is -2.29. The van der Waals surface area contributed by atoms with Crippen LogP contribution in [-0.4, -0.2) is 19.4 Å². The second-order valence-electron chi connectivity index (χ2n) is 3.16. The zero-order valence-corrected chi connectivity index (χ0v) is 8.08. The second-order valence-corrected chi connectivity index (χ2v) is 3.16. The Morgan fingerprint density at radius 1 is 1.46 bits per heavy atom. The molecule has 1 atom stereocenters. The van der Waals surface area contributed by atoms with Crippen LogP contribution in [0.25, 0.3) is 0 Å². The lowest BCUT2D eigenvalue weighted by atomic mass is 10.0. The minimum absolute atomic E-state index is 0.0684. The van der Waals surface area contributed by atoms with Crippen LogP contribution in [0.2, 0.25) is 0 Å². The molecule has 1 rings (SSSR count). The summed E-state index contributed by atoms with van der Waals surface area (Å²) in [6.07, 6.45) is 1.72. The molecule has 2 nitrogen and oxygen atoms in total. The van der Waals surface area contributed by atoms with E-state index in [0.29, 0.717) is 0 Å². The summed E-state index contributed by atoms with van der Waals surface area (Å²) in [5.41, 5.74) is 2.47. The van der Waals surface area contributed by atoms with Crippen molar-refractivity contribution in [2.75, 3.05) is 7.05 Å². The molecule has 0 saturated heterocycles. The van der Waals surface area contributed by atoms with Crippen molar-refractivity contribution in [3.05, 3.63) is 35.4 Å². The molecule has 13 heavy (non-hydrogen) atoms. The molecular formula is C11H15NO. The highest BCUT2D eigenvalue weighted by Gasteiger charge is 2.06. The lowest BCUT2D eigenvalue weighted by molar-refractivity contribution is -0.109. The molecule has 1 aromatic carbocycles. The Morgan fingerprint density at radius 3 is 2.69 bits per heavy atom. The zero-order chi connectivity index (χ0) is 9.68. The summed E-state index contributed by atoms with van der Waals surface area (Å²) in [4.78, 5) is 10.6. The summed E-state index contributed by atoms with van der Waals surface area (Å²) in [5.74, 6) is 0. The average Bonchev–Trinajstić information content (AvgIpc) is 2.17. The van der Waals surface area contributed by atoms with Crippen molar-refractivity contribution in [1.82, 2.24) is 5.32 Å². The van der Waals surface area contributed by atoms with E-state index >= 15 is 0 Å². The molecule has 1 N–H and O–H groups in total. The SMILES string of the molecule is CN[C@H](C=O)Cc1ccccc1C. The largest absolute Gasteiger partial charge is 0.311 e. The van der Waals surface area contributed by atoms with Gasteiger partial charge in [-0.25, -0.2) is 0 Å². The first kappa shape index (κ1) is 9.93. The van der Waals surface area contributed by atoms with Crippen molar-refractivity contribution < 1.29 is 4.79 Å². The van der Waals surface area contributed by atoms with Gasteiger partial charge >= 0.3 is 0 Å².